The Kier molecular flexibility index (Phi) is 9.90. The third kappa shape index (κ3) is 8.81. The fourth-order valence-electron chi connectivity index (χ4n) is 6.69. The standard InChI is InChI=1S/C32H46NO7P/c1-31(2,3)26-12-15-28(16-13-26)40-29-14-10-23-19-27(11-9-24(23)20-29)32(4,33-30(34)35)18-17-22-7-5-6-8-25(22)21-39-41(36,37)38/h5-8,10,14,20,26-28,33H,9,11-13,15-19,21H2,1-4H3,(H,34,35)(H2,36,37,38)/t26-,27-,28-,32-/m1/s1. The summed E-state index contributed by atoms with van der Waals surface area (Å²) in [6.45, 7) is 8.75. The minimum absolute atomic E-state index is 0.101. The predicted molar refractivity (Wildman–Crippen MR) is 159 cm³/mol. The summed E-state index contributed by atoms with van der Waals surface area (Å²) in [5.74, 6) is 1.78. The third-order valence-corrected chi connectivity index (χ3v) is 9.79. The number of amides is 1. The molecule has 0 aliphatic heterocycles. The van der Waals surface area contributed by atoms with Crippen molar-refractivity contribution in [3.05, 3.63) is 64.7 Å². The molecule has 9 heteroatoms. The summed E-state index contributed by atoms with van der Waals surface area (Å²) >= 11 is 0. The molecule has 2 aromatic rings. The molecular weight excluding hydrogens is 541 g/mol. The van der Waals surface area contributed by atoms with Crippen molar-refractivity contribution in [3.8, 4) is 5.75 Å². The van der Waals surface area contributed by atoms with Crippen molar-refractivity contribution >= 4 is 13.9 Å². The highest BCUT2D eigenvalue weighted by molar-refractivity contribution is 7.46. The molecule has 4 rings (SSSR count). The molecule has 0 radical (unpaired) electrons. The van der Waals surface area contributed by atoms with Gasteiger partial charge in [0.05, 0.1) is 12.7 Å². The Bertz CT molecular complexity index is 1240. The van der Waals surface area contributed by atoms with Gasteiger partial charge in [-0.3, -0.25) is 4.52 Å². The van der Waals surface area contributed by atoms with Crippen LogP contribution in [0.4, 0.5) is 4.79 Å². The van der Waals surface area contributed by atoms with Crippen LogP contribution in [0.25, 0.3) is 0 Å². The van der Waals surface area contributed by atoms with E-state index in [1.54, 1.807) is 12.1 Å². The van der Waals surface area contributed by atoms with E-state index in [9.17, 15) is 14.5 Å². The summed E-state index contributed by atoms with van der Waals surface area (Å²) in [4.78, 5) is 30.1. The van der Waals surface area contributed by atoms with Gasteiger partial charge in [0.2, 0.25) is 0 Å². The SMILES string of the molecule is CC(C)(C)[C@H]1CC[C@H](Oc2ccc3c(c2)CC[C@@H]([C@@](C)(CCc2ccccc2COP(=O)(O)O)NC(=O)O)C3)CC1. The number of phosphoric acid groups is 1. The minimum atomic E-state index is -4.60. The number of benzene rings is 2. The van der Waals surface area contributed by atoms with E-state index in [1.165, 1.54) is 24.0 Å². The topological polar surface area (TPSA) is 125 Å². The van der Waals surface area contributed by atoms with Crippen molar-refractivity contribution in [2.75, 3.05) is 0 Å². The number of carbonyl (C=O) groups is 1. The number of fused-ring (bicyclic) bond motifs is 1. The normalized spacial score (nSPS) is 22.8. The van der Waals surface area contributed by atoms with E-state index in [2.05, 4.69) is 44.3 Å². The smallest absolute Gasteiger partial charge is 0.469 e. The number of phosphoric ester groups is 1. The van der Waals surface area contributed by atoms with E-state index >= 15 is 0 Å². The van der Waals surface area contributed by atoms with Crippen LogP contribution in [-0.2, 0) is 35.0 Å². The van der Waals surface area contributed by atoms with Crippen LogP contribution in [0.1, 0.15) is 88.5 Å². The molecule has 0 aromatic heterocycles. The van der Waals surface area contributed by atoms with Gasteiger partial charge in [0.1, 0.15) is 5.75 Å². The molecule has 0 saturated heterocycles. The first-order valence-corrected chi connectivity index (χ1v) is 16.3. The van der Waals surface area contributed by atoms with Crippen molar-refractivity contribution < 1.29 is 33.5 Å². The molecule has 2 atom stereocenters. The molecule has 1 amide bonds. The van der Waals surface area contributed by atoms with Gasteiger partial charge in [0.15, 0.2) is 0 Å². The second kappa shape index (κ2) is 12.9. The van der Waals surface area contributed by atoms with Crippen LogP contribution in [0.3, 0.4) is 0 Å². The molecular formula is C32H46NO7P. The molecule has 0 bridgehead atoms. The lowest BCUT2D eigenvalue weighted by molar-refractivity contribution is 0.0881. The van der Waals surface area contributed by atoms with Crippen LogP contribution >= 0.6 is 7.82 Å². The van der Waals surface area contributed by atoms with Crippen molar-refractivity contribution in [3.63, 3.8) is 0 Å². The molecule has 2 aliphatic rings. The fourth-order valence-corrected chi connectivity index (χ4v) is 7.00. The van der Waals surface area contributed by atoms with Gasteiger partial charge in [0, 0.05) is 5.54 Å². The highest BCUT2D eigenvalue weighted by atomic mass is 31.2. The van der Waals surface area contributed by atoms with E-state index in [-0.39, 0.29) is 18.6 Å². The number of aryl methyl sites for hydroxylation is 2. The molecule has 0 spiro atoms. The number of rotatable bonds is 10. The summed E-state index contributed by atoms with van der Waals surface area (Å²) in [6, 6.07) is 13.7. The van der Waals surface area contributed by atoms with Crippen LogP contribution in [0.5, 0.6) is 5.75 Å². The number of carboxylic acid groups (broad SMARTS) is 1. The Labute approximate surface area is 244 Å². The van der Waals surface area contributed by atoms with Gasteiger partial charge >= 0.3 is 13.9 Å². The van der Waals surface area contributed by atoms with Gasteiger partial charge in [-0.15, -0.1) is 0 Å². The Morgan fingerprint density at radius 3 is 2.27 bits per heavy atom. The molecule has 41 heavy (non-hydrogen) atoms. The van der Waals surface area contributed by atoms with E-state index in [4.69, 9.17) is 19.0 Å². The second-order valence-corrected chi connectivity index (χ2v) is 14.4. The zero-order valence-corrected chi connectivity index (χ0v) is 25.7. The predicted octanol–water partition coefficient (Wildman–Crippen LogP) is 7.04. The molecule has 226 valence electrons. The van der Waals surface area contributed by atoms with Gasteiger partial charge in [-0.1, -0.05) is 51.1 Å². The zero-order chi connectivity index (χ0) is 29.8. The van der Waals surface area contributed by atoms with Crippen LogP contribution in [0, 0.1) is 17.3 Å². The second-order valence-electron chi connectivity index (χ2n) is 13.2. The monoisotopic (exact) mass is 587 g/mol. The average Bonchev–Trinajstić information content (AvgIpc) is 2.90. The van der Waals surface area contributed by atoms with E-state index in [0.29, 0.717) is 23.8 Å². The van der Waals surface area contributed by atoms with Gasteiger partial charge in [-0.25, -0.2) is 9.36 Å². The van der Waals surface area contributed by atoms with Crippen molar-refractivity contribution in [1.82, 2.24) is 5.32 Å². The summed E-state index contributed by atoms with van der Waals surface area (Å²) in [7, 11) is -4.60. The maximum absolute atomic E-state index is 11.9. The molecule has 4 N–H and O–H groups in total. The zero-order valence-electron chi connectivity index (χ0n) is 24.8. The van der Waals surface area contributed by atoms with E-state index < -0.39 is 19.5 Å². The Morgan fingerprint density at radius 2 is 1.63 bits per heavy atom. The first-order valence-electron chi connectivity index (χ1n) is 14.8. The van der Waals surface area contributed by atoms with Crippen LogP contribution in [-0.4, -0.2) is 32.6 Å². The van der Waals surface area contributed by atoms with Gasteiger partial charge in [-0.2, -0.15) is 0 Å². The minimum Gasteiger partial charge on any atom is -0.490 e. The average molecular weight is 588 g/mol. The number of hydrogen-bond donors (Lipinski definition) is 4. The third-order valence-electron chi connectivity index (χ3n) is 9.32. The van der Waals surface area contributed by atoms with Crippen molar-refractivity contribution in [2.24, 2.45) is 17.3 Å². The Hall–Kier alpha value is -2.38. The number of nitrogens with one attached hydrogen (secondary N) is 1. The first kappa shape index (κ1) is 31.6. The number of ether oxygens (including phenoxy) is 1. The quantitative estimate of drug-likeness (QED) is 0.220. The van der Waals surface area contributed by atoms with Gasteiger partial charge < -0.3 is 24.9 Å². The molecule has 0 heterocycles. The van der Waals surface area contributed by atoms with Crippen LogP contribution in [0.2, 0.25) is 0 Å². The summed E-state index contributed by atoms with van der Waals surface area (Å²) in [5.41, 5.74) is 3.75. The fraction of sp³-hybridized carbons (Fsp3) is 0.594. The van der Waals surface area contributed by atoms with Crippen molar-refractivity contribution in [1.29, 1.82) is 0 Å². The molecule has 2 aliphatic carbocycles. The molecule has 1 fully saturated rings. The first-order chi connectivity index (χ1) is 19.2. The summed E-state index contributed by atoms with van der Waals surface area (Å²) in [5, 5.41) is 12.5. The Morgan fingerprint density at radius 1 is 0.951 bits per heavy atom. The molecule has 2 aromatic carbocycles. The van der Waals surface area contributed by atoms with Gasteiger partial charge in [-0.05, 0) is 116 Å². The summed E-state index contributed by atoms with van der Waals surface area (Å²) in [6.07, 6.45) is 7.38. The molecule has 1 saturated carbocycles. The lowest BCUT2D eigenvalue weighted by atomic mass is 9.71. The largest absolute Gasteiger partial charge is 0.490 e. The maximum atomic E-state index is 11.9. The van der Waals surface area contributed by atoms with Crippen molar-refractivity contribution in [2.45, 2.75) is 104 Å². The van der Waals surface area contributed by atoms with Crippen LogP contribution < -0.4 is 10.1 Å². The highest BCUT2D eigenvalue weighted by Gasteiger charge is 2.38. The maximum Gasteiger partial charge on any atom is 0.469 e. The Balaban J connectivity index is 1.41. The molecule has 0 unspecified atom stereocenters. The lowest BCUT2D eigenvalue weighted by Gasteiger charge is -2.41. The molecule has 8 nitrogen and oxygen atoms in total. The van der Waals surface area contributed by atoms with Crippen LogP contribution in [0.15, 0.2) is 42.5 Å². The van der Waals surface area contributed by atoms with E-state index in [1.807, 2.05) is 19.1 Å². The van der Waals surface area contributed by atoms with Gasteiger partial charge in [0.25, 0.3) is 0 Å². The summed E-state index contributed by atoms with van der Waals surface area (Å²) < 4.78 is 22.4. The lowest BCUT2D eigenvalue weighted by Crippen LogP contribution is -2.53. The number of hydrogen-bond acceptors (Lipinski definition) is 4. The van der Waals surface area contributed by atoms with E-state index in [0.717, 1.165) is 49.3 Å². The highest BCUT2D eigenvalue weighted by Crippen LogP contribution is 2.41.